The molecule has 0 bridgehead atoms. The van der Waals surface area contributed by atoms with Crippen molar-refractivity contribution in [1.82, 2.24) is 0 Å². The summed E-state index contributed by atoms with van der Waals surface area (Å²) < 4.78 is 53.1. The molecule has 0 spiro atoms. The number of fused-ring (bicyclic) bond motifs is 4. The van der Waals surface area contributed by atoms with Gasteiger partial charge < -0.3 is 5.11 Å². The third-order valence-electron chi connectivity index (χ3n) is 5.90. The van der Waals surface area contributed by atoms with Crippen molar-refractivity contribution in [1.29, 1.82) is 0 Å². The van der Waals surface area contributed by atoms with Crippen LogP contribution in [0, 0.1) is 0 Å². The zero-order valence-corrected chi connectivity index (χ0v) is 17.8. The van der Waals surface area contributed by atoms with Crippen molar-refractivity contribution in [2.75, 3.05) is 0 Å². The van der Waals surface area contributed by atoms with Crippen LogP contribution in [-0.4, -0.2) is 5.11 Å². The summed E-state index contributed by atoms with van der Waals surface area (Å²) in [5.41, 5.74) is 1.51. The first-order chi connectivity index (χ1) is 17.7. The predicted molar refractivity (Wildman–Crippen MR) is 131 cm³/mol. The molecule has 1 atom stereocenters. The molecule has 1 aliphatic carbocycles. The molecule has 1 unspecified atom stereocenters. The Labute approximate surface area is 198 Å². The highest BCUT2D eigenvalue weighted by atomic mass is 79.9. The number of aliphatic hydroxyl groups is 1. The van der Waals surface area contributed by atoms with Crippen LogP contribution >= 0.6 is 15.9 Å². The van der Waals surface area contributed by atoms with E-state index in [1.807, 2.05) is 30.3 Å². The molecule has 0 aromatic heterocycles. The molecule has 1 N–H and O–H groups in total. The second-order valence-electron chi connectivity index (χ2n) is 7.56. The van der Waals surface area contributed by atoms with Crippen molar-refractivity contribution < 1.29 is 13.3 Å². The van der Waals surface area contributed by atoms with Gasteiger partial charge in [0.1, 0.15) is 5.60 Å². The Balaban J connectivity index is 1.91. The van der Waals surface area contributed by atoms with Gasteiger partial charge in [0.05, 0.1) is 8.22 Å². The number of halogens is 1. The summed E-state index contributed by atoms with van der Waals surface area (Å²) in [5, 5.41) is 12.9. The third-order valence-corrected chi connectivity index (χ3v) is 6.40. The Bertz CT molecular complexity index is 1760. The first-order valence-electron chi connectivity index (χ1n) is 12.9. The van der Waals surface area contributed by atoms with Crippen molar-refractivity contribution >= 4 is 26.7 Å². The van der Waals surface area contributed by atoms with Crippen molar-refractivity contribution in [3.8, 4) is 22.3 Å². The summed E-state index contributed by atoms with van der Waals surface area (Å²) in [6, 6.07) is 19.6. The van der Waals surface area contributed by atoms with Crippen molar-refractivity contribution in [2.45, 2.75) is 5.60 Å². The Morgan fingerprint density at radius 3 is 2.23 bits per heavy atom. The van der Waals surface area contributed by atoms with Crippen LogP contribution < -0.4 is 0 Å². The fourth-order valence-corrected chi connectivity index (χ4v) is 4.92. The minimum Gasteiger partial charge on any atom is -0.376 e. The minimum atomic E-state index is -1.90. The lowest BCUT2D eigenvalue weighted by atomic mass is 9.80. The van der Waals surface area contributed by atoms with Gasteiger partial charge in [0, 0.05) is 21.2 Å². The lowest BCUT2D eigenvalue weighted by Gasteiger charge is -2.29. The maximum atomic E-state index is 12.8. The van der Waals surface area contributed by atoms with Gasteiger partial charge in [-0.3, -0.25) is 0 Å². The lowest BCUT2D eigenvalue weighted by molar-refractivity contribution is 0.132. The molecular formula is C29H19BrO. The molecule has 6 rings (SSSR count). The Hall–Kier alpha value is -3.20. The van der Waals surface area contributed by atoms with Crippen LogP contribution in [-0.2, 0) is 5.60 Å². The summed E-state index contributed by atoms with van der Waals surface area (Å²) in [6.07, 6.45) is 0. The first-order valence-corrected chi connectivity index (χ1v) is 10.7. The highest BCUT2D eigenvalue weighted by Crippen LogP contribution is 2.53. The number of hydrogen-bond acceptors (Lipinski definition) is 1. The van der Waals surface area contributed by atoms with Crippen molar-refractivity contribution in [2.24, 2.45) is 0 Å². The summed E-state index contributed by atoms with van der Waals surface area (Å²) in [7, 11) is 0. The number of hydrogen-bond donors (Lipinski definition) is 1. The van der Waals surface area contributed by atoms with Crippen LogP contribution in [0.5, 0.6) is 0 Å². The van der Waals surface area contributed by atoms with Gasteiger partial charge in [-0.2, -0.15) is 0 Å². The molecule has 0 saturated heterocycles. The van der Waals surface area contributed by atoms with Crippen LogP contribution in [0.3, 0.4) is 0 Å². The van der Waals surface area contributed by atoms with Gasteiger partial charge in [0.2, 0.25) is 0 Å². The van der Waals surface area contributed by atoms with Crippen LogP contribution in [0.4, 0.5) is 0 Å². The van der Waals surface area contributed by atoms with Crippen LogP contribution in [0.1, 0.15) is 24.9 Å². The fourth-order valence-electron chi connectivity index (χ4n) is 4.56. The van der Waals surface area contributed by atoms with E-state index < -0.39 is 11.6 Å². The number of rotatable bonds is 2. The smallest absolute Gasteiger partial charge is 0.142 e. The van der Waals surface area contributed by atoms with E-state index in [-0.39, 0.29) is 52.1 Å². The molecule has 1 aliphatic rings. The maximum Gasteiger partial charge on any atom is 0.142 e. The highest BCUT2D eigenvalue weighted by Gasteiger charge is 2.44. The normalized spacial score (nSPS) is 19.5. The molecular weight excluding hydrogens is 444 g/mol. The van der Waals surface area contributed by atoms with Gasteiger partial charge in [-0.1, -0.05) is 113 Å². The topological polar surface area (TPSA) is 20.2 Å². The summed E-state index contributed by atoms with van der Waals surface area (Å²) in [5.74, 6) is 0. The van der Waals surface area contributed by atoms with E-state index >= 15 is 0 Å². The second-order valence-corrected chi connectivity index (χ2v) is 8.48. The summed E-state index contributed by atoms with van der Waals surface area (Å²) in [6.45, 7) is 0. The van der Waals surface area contributed by atoms with Gasteiger partial charge in [-0.15, -0.1) is 0 Å². The Kier molecular flexibility index (Phi) is 2.96. The quantitative estimate of drug-likeness (QED) is 0.283. The predicted octanol–water partition coefficient (Wildman–Crippen LogP) is 7.53. The molecule has 2 heteroatoms. The first kappa shape index (κ1) is 13.3. The van der Waals surface area contributed by atoms with Crippen LogP contribution in [0.2, 0.25) is 0 Å². The van der Waals surface area contributed by atoms with Gasteiger partial charge in [0.15, 0.2) is 0 Å². The molecule has 0 heterocycles. The zero-order chi connectivity index (χ0) is 26.2. The van der Waals surface area contributed by atoms with E-state index in [4.69, 9.17) is 8.22 Å². The van der Waals surface area contributed by atoms with Crippen LogP contribution in [0.25, 0.3) is 33.0 Å². The summed E-state index contributed by atoms with van der Waals surface area (Å²) in [4.78, 5) is 0. The molecule has 5 aromatic carbocycles. The second kappa shape index (κ2) is 6.91. The molecule has 0 aliphatic heterocycles. The van der Waals surface area contributed by atoms with E-state index in [0.29, 0.717) is 16.7 Å². The fraction of sp³-hybridized carbons (Fsp3) is 0.0345. The monoisotopic (exact) mass is 468 g/mol. The maximum absolute atomic E-state index is 12.8. The Morgan fingerprint density at radius 2 is 1.39 bits per heavy atom. The van der Waals surface area contributed by atoms with Crippen LogP contribution in [0.15, 0.2) is 114 Å². The van der Waals surface area contributed by atoms with Crippen molar-refractivity contribution in [3.63, 3.8) is 0 Å². The lowest BCUT2D eigenvalue weighted by Crippen LogP contribution is -2.26. The average Bonchev–Trinajstić information content (AvgIpc) is 3.15. The van der Waals surface area contributed by atoms with Gasteiger partial charge in [0.25, 0.3) is 0 Å². The molecule has 148 valence electrons. The molecule has 31 heavy (non-hydrogen) atoms. The van der Waals surface area contributed by atoms with Crippen molar-refractivity contribution in [3.05, 3.63) is 130 Å². The molecule has 0 fully saturated rings. The number of benzene rings is 5. The van der Waals surface area contributed by atoms with Gasteiger partial charge in [-0.25, -0.2) is 0 Å². The molecule has 1 nitrogen and oxygen atoms in total. The van der Waals surface area contributed by atoms with E-state index in [1.165, 1.54) is 0 Å². The molecule has 0 saturated carbocycles. The zero-order valence-electron chi connectivity index (χ0n) is 22.3. The molecule has 0 radical (unpaired) electrons. The minimum absolute atomic E-state index is 0.0230. The summed E-state index contributed by atoms with van der Waals surface area (Å²) >= 11 is 3.50. The highest BCUT2D eigenvalue weighted by molar-refractivity contribution is 9.10. The van der Waals surface area contributed by atoms with E-state index in [9.17, 15) is 5.11 Å². The third kappa shape index (κ3) is 2.65. The van der Waals surface area contributed by atoms with E-state index in [2.05, 4.69) is 15.9 Å². The Morgan fingerprint density at radius 1 is 0.677 bits per heavy atom. The largest absolute Gasteiger partial charge is 0.376 e. The molecule has 5 aromatic rings. The average molecular weight is 469 g/mol. The van der Waals surface area contributed by atoms with Gasteiger partial charge >= 0.3 is 0 Å². The molecule has 0 amide bonds. The SMILES string of the molecule is [2H]c1c([2H])c(-c2ccccc2)c2c(C3(O)c4ccccc4-c4ccc(Br)cc43)c([2H])c([2H])c([2H])c2c1[2H]. The van der Waals surface area contributed by atoms with Gasteiger partial charge in [-0.05, 0) is 45.2 Å². The van der Waals surface area contributed by atoms with E-state index in [0.717, 1.165) is 15.6 Å². The standard InChI is InChI=1S/C29H19BrO/c30-21-16-17-24-23-12-4-5-14-25(23)29(31,27(24)18-21)26-15-7-11-20-10-6-13-22(28(20)26)19-8-2-1-3-9-19/h1-18,31H/i6D,7D,10D,11D,13D,15D. The van der Waals surface area contributed by atoms with E-state index in [1.54, 1.807) is 42.5 Å².